The molecule has 4 atom stereocenters. The van der Waals surface area contributed by atoms with Crippen molar-refractivity contribution in [2.75, 3.05) is 6.54 Å². The average molecular weight is 266 g/mol. The second kappa shape index (κ2) is 7.08. The minimum Gasteiger partial charge on any atom is -0.301 e. The van der Waals surface area contributed by atoms with Crippen LogP contribution in [0.5, 0.6) is 0 Å². The number of hydrogen-bond donors (Lipinski definition) is 2. The molecule has 2 fully saturated rings. The average Bonchev–Trinajstić information content (AvgIpc) is 2.40. The van der Waals surface area contributed by atoms with Gasteiger partial charge < -0.3 is 5.32 Å². The first kappa shape index (κ1) is 15.3. The van der Waals surface area contributed by atoms with Gasteiger partial charge in [-0.15, -0.1) is 0 Å². The highest BCUT2D eigenvalue weighted by atomic mass is 15.2. The van der Waals surface area contributed by atoms with Crippen molar-refractivity contribution in [3.63, 3.8) is 0 Å². The van der Waals surface area contributed by atoms with E-state index >= 15 is 0 Å². The molecule has 0 bridgehead atoms. The van der Waals surface area contributed by atoms with E-state index in [1.807, 2.05) is 0 Å². The topological polar surface area (TPSA) is 24.1 Å². The first-order valence-corrected chi connectivity index (χ1v) is 8.61. The molecule has 1 saturated heterocycles. The summed E-state index contributed by atoms with van der Waals surface area (Å²) in [6.45, 7) is 10.7. The minimum atomic E-state index is 0.577. The standard InChI is InChI=1S/C17H34N2/c1-5-6-13(3)16-14(4)11-18-17(19-16)15-9-7-12(2)8-10-15/h12-19H,5-11H2,1-4H3. The summed E-state index contributed by atoms with van der Waals surface area (Å²) in [6.07, 6.45) is 8.92. The van der Waals surface area contributed by atoms with Gasteiger partial charge in [-0.25, -0.2) is 0 Å². The maximum Gasteiger partial charge on any atom is 0.0603 e. The van der Waals surface area contributed by atoms with Gasteiger partial charge in [0.1, 0.15) is 0 Å². The molecule has 19 heavy (non-hydrogen) atoms. The van der Waals surface area contributed by atoms with Gasteiger partial charge in [-0.1, -0.05) is 47.0 Å². The summed E-state index contributed by atoms with van der Waals surface area (Å²) in [5.41, 5.74) is 0. The Balaban J connectivity index is 1.89. The van der Waals surface area contributed by atoms with Crippen LogP contribution in [0, 0.1) is 23.7 Å². The summed E-state index contributed by atoms with van der Waals surface area (Å²) < 4.78 is 0. The second-order valence-electron chi connectivity index (χ2n) is 7.34. The fourth-order valence-electron chi connectivity index (χ4n) is 4.15. The maximum absolute atomic E-state index is 3.96. The van der Waals surface area contributed by atoms with E-state index in [4.69, 9.17) is 0 Å². The van der Waals surface area contributed by atoms with Gasteiger partial charge in [0.15, 0.2) is 0 Å². The van der Waals surface area contributed by atoms with Crippen LogP contribution in [0.4, 0.5) is 0 Å². The van der Waals surface area contributed by atoms with Crippen LogP contribution in [0.2, 0.25) is 0 Å². The highest BCUT2D eigenvalue weighted by Crippen LogP contribution is 2.32. The highest BCUT2D eigenvalue weighted by molar-refractivity contribution is 4.91. The predicted molar refractivity (Wildman–Crippen MR) is 83.1 cm³/mol. The third-order valence-electron chi connectivity index (χ3n) is 5.53. The smallest absolute Gasteiger partial charge is 0.0603 e. The van der Waals surface area contributed by atoms with Gasteiger partial charge >= 0.3 is 0 Å². The molecule has 4 unspecified atom stereocenters. The Morgan fingerprint density at radius 2 is 1.79 bits per heavy atom. The fraction of sp³-hybridized carbons (Fsp3) is 1.00. The van der Waals surface area contributed by atoms with E-state index in [0.717, 1.165) is 23.7 Å². The minimum absolute atomic E-state index is 0.577. The Kier molecular flexibility index (Phi) is 5.70. The lowest BCUT2D eigenvalue weighted by Gasteiger charge is -2.44. The van der Waals surface area contributed by atoms with E-state index in [0.29, 0.717) is 12.2 Å². The van der Waals surface area contributed by atoms with Crippen LogP contribution in [0.25, 0.3) is 0 Å². The van der Waals surface area contributed by atoms with Gasteiger partial charge in [-0.2, -0.15) is 0 Å². The Morgan fingerprint density at radius 3 is 2.42 bits per heavy atom. The van der Waals surface area contributed by atoms with E-state index in [-0.39, 0.29) is 0 Å². The van der Waals surface area contributed by atoms with E-state index < -0.39 is 0 Å². The molecule has 2 aliphatic rings. The fourth-order valence-corrected chi connectivity index (χ4v) is 4.15. The molecule has 2 rings (SSSR count). The van der Waals surface area contributed by atoms with Crippen LogP contribution < -0.4 is 10.6 Å². The van der Waals surface area contributed by atoms with Crippen LogP contribution in [0.3, 0.4) is 0 Å². The molecule has 0 spiro atoms. The molecule has 2 nitrogen and oxygen atoms in total. The molecule has 112 valence electrons. The Hall–Kier alpha value is -0.0800. The summed E-state index contributed by atoms with van der Waals surface area (Å²) in [7, 11) is 0. The molecule has 2 heteroatoms. The van der Waals surface area contributed by atoms with Gasteiger partial charge in [-0.3, -0.25) is 5.32 Å². The Morgan fingerprint density at radius 1 is 1.11 bits per heavy atom. The van der Waals surface area contributed by atoms with Gasteiger partial charge in [-0.05, 0) is 42.9 Å². The molecule has 1 heterocycles. The number of hydrogen-bond acceptors (Lipinski definition) is 2. The molecule has 0 aromatic rings. The Labute approximate surface area is 120 Å². The van der Waals surface area contributed by atoms with E-state index in [1.165, 1.54) is 45.1 Å². The normalized spacial score (nSPS) is 42.0. The van der Waals surface area contributed by atoms with Crippen molar-refractivity contribution in [2.24, 2.45) is 23.7 Å². The Bertz CT molecular complexity index is 258. The van der Waals surface area contributed by atoms with Crippen LogP contribution in [-0.2, 0) is 0 Å². The zero-order valence-corrected chi connectivity index (χ0v) is 13.4. The molecule has 1 aliphatic heterocycles. The lowest BCUT2D eigenvalue weighted by molar-refractivity contribution is 0.116. The first-order valence-electron chi connectivity index (χ1n) is 8.61. The summed E-state index contributed by atoms with van der Waals surface area (Å²) in [5, 5.41) is 7.73. The van der Waals surface area contributed by atoms with Crippen LogP contribution >= 0.6 is 0 Å². The molecule has 0 radical (unpaired) electrons. The largest absolute Gasteiger partial charge is 0.301 e. The van der Waals surface area contributed by atoms with Crippen molar-refractivity contribution in [1.29, 1.82) is 0 Å². The van der Waals surface area contributed by atoms with Crippen LogP contribution in [0.15, 0.2) is 0 Å². The zero-order chi connectivity index (χ0) is 13.8. The van der Waals surface area contributed by atoms with Crippen LogP contribution in [0.1, 0.15) is 66.2 Å². The third-order valence-corrected chi connectivity index (χ3v) is 5.53. The zero-order valence-electron chi connectivity index (χ0n) is 13.4. The summed E-state index contributed by atoms with van der Waals surface area (Å²) >= 11 is 0. The van der Waals surface area contributed by atoms with Crippen LogP contribution in [-0.4, -0.2) is 18.8 Å². The van der Waals surface area contributed by atoms with E-state index in [1.54, 1.807) is 0 Å². The SMILES string of the molecule is CCCC(C)C1NC(C2CCC(C)CC2)NCC1C. The molecule has 0 amide bonds. The van der Waals surface area contributed by atoms with Crippen molar-refractivity contribution in [2.45, 2.75) is 78.4 Å². The molecule has 0 aromatic heterocycles. The molecule has 1 saturated carbocycles. The summed E-state index contributed by atoms with van der Waals surface area (Å²) in [6, 6.07) is 0.713. The van der Waals surface area contributed by atoms with Crippen molar-refractivity contribution >= 4 is 0 Å². The van der Waals surface area contributed by atoms with Gasteiger partial charge in [0.05, 0.1) is 6.17 Å². The monoisotopic (exact) mass is 266 g/mol. The lowest BCUT2D eigenvalue weighted by atomic mass is 9.79. The van der Waals surface area contributed by atoms with Crippen molar-refractivity contribution in [3.05, 3.63) is 0 Å². The maximum atomic E-state index is 3.96. The molecule has 0 aromatic carbocycles. The van der Waals surface area contributed by atoms with Gasteiger partial charge in [0.25, 0.3) is 0 Å². The van der Waals surface area contributed by atoms with E-state index in [9.17, 15) is 0 Å². The van der Waals surface area contributed by atoms with Gasteiger partial charge in [0.2, 0.25) is 0 Å². The number of rotatable bonds is 4. The van der Waals surface area contributed by atoms with Crippen molar-refractivity contribution in [1.82, 2.24) is 10.6 Å². The number of nitrogens with one attached hydrogen (secondary N) is 2. The quantitative estimate of drug-likeness (QED) is 0.809. The molecule has 2 N–H and O–H groups in total. The van der Waals surface area contributed by atoms with Crippen molar-refractivity contribution in [3.8, 4) is 0 Å². The molecule has 1 aliphatic carbocycles. The molecular formula is C17H34N2. The predicted octanol–water partition coefficient (Wildman–Crippen LogP) is 3.77. The summed E-state index contributed by atoms with van der Waals surface area (Å²) in [5.74, 6) is 3.39. The highest BCUT2D eigenvalue weighted by Gasteiger charge is 2.34. The third kappa shape index (κ3) is 3.95. The first-order chi connectivity index (χ1) is 9.11. The second-order valence-corrected chi connectivity index (χ2v) is 7.34. The lowest BCUT2D eigenvalue weighted by Crippen LogP contribution is -2.62. The summed E-state index contributed by atoms with van der Waals surface area (Å²) in [4.78, 5) is 0. The van der Waals surface area contributed by atoms with Crippen molar-refractivity contribution < 1.29 is 0 Å². The van der Waals surface area contributed by atoms with Gasteiger partial charge in [0, 0.05) is 12.6 Å². The van der Waals surface area contributed by atoms with E-state index in [2.05, 4.69) is 38.3 Å². The molecular weight excluding hydrogens is 232 g/mol.